The molecule has 0 bridgehead atoms. The third kappa shape index (κ3) is 5.52. The summed E-state index contributed by atoms with van der Waals surface area (Å²) in [6.07, 6.45) is 1.74. The Balaban J connectivity index is 1.84. The van der Waals surface area contributed by atoms with Crippen LogP contribution in [0.4, 0.5) is 0 Å². The van der Waals surface area contributed by atoms with Gasteiger partial charge >= 0.3 is 0 Å². The van der Waals surface area contributed by atoms with Crippen molar-refractivity contribution in [3.63, 3.8) is 0 Å². The molecule has 0 heterocycles. The van der Waals surface area contributed by atoms with Gasteiger partial charge in [-0.25, -0.2) is 0 Å². The number of hydrogen-bond acceptors (Lipinski definition) is 3. The van der Waals surface area contributed by atoms with Crippen LogP contribution in [0.3, 0.4) is 0 Å². The van der Waals surface area contributed by atoms with E-state index in [-0.39, 0.29) is 5.91 Å². The van der Waals surface area contributed by atoms with Crippen LogP contribution in [-0.4, -0.2) is 25.7 Å². The van der Waals surface area contributed by atoms with Gasteiger partial charge in [-0.3, -0.25) is 4.79 Å². The Bertz CT molecular complexity index is 697. The van der Waals surface area contributed by atoms with Crippen molar-refractivity contribution < 1.29 is 14.3 Å². The summed E-state index contributed by atoms with van der Waals surface area (Å²) in [5.74, 6) is 1.70. The fraction of sp³-hybridized carbons (Fsp3) is 0.381. The molecule has 2 aromatic carbocycles. The summed E-state index contributed by atoms with van der Waals surface area (Å²) < 4.78 is 11.1. The van der Waals surface area contributed by atoms with Gasteiger partial charge in [-0.2, -0.15) is 0 Å². The number of benzene rings is 2. The lowest BCUT2D eigenvalue weighted by Crippen LogP contribution is -2.24. The van der Waals surface area contributed by atoms with E-state index >= 15 is 0 Å². The van der Waals surface area contributed by atoms with Crippen LogP contribution in [0.5, 0.6) is 11.5 Å². The second kappa shape index (κ2) is 9.72. The Morgan fingerprint density at radius 1 is 1.00 bits per heavy atom. The van der Waals surface area contributed by atoms with Gasteiger partial charge in [0.05, 0.1) is 13.2 Å². The lowest BCUT2D eigenvalue weighted by Gasteiger charge is -2.11. The fourth-order valence-corrected chi connectivity index (χ4v) is 2.70. The van der Waals surface area contributed by atoms with Gasteiger partial charge in [0.25, 0.3) is 5.91 Å². The van der Waals surface area contributed by atoms with Crippen molar-refractivity contribution in [3.8, 4) is 11.5 Å². The molecule has 1 N–H and O–H groups in total. The Labute approximate surface area is 150 Å². The van der Waals surface area contributed by atoms with Crippen molar-refractivity contribution in [2.45, 2.75) is 33.6 Å². The van der Waals surface area contributed by atoms with Crippen molar-refractivity contribution in [3.05, 3.63) is 59.2 Å². The van der Waals surface area contributed by atoms with Crippen molar-refractivity contribution >= 4 is 5.91 Å². The van der Waals surface area contributed by atoms with Gasteiger partial charge in [0.15, 0.2) is 0 Å². The highest BCUT2D eigenvalue weighted by Gasteiger charge is 2.08. The van der Waals surface area contributed by atoms with Gasteiger partial charge < -0.3 is 14.8 Å². The molecule has 4 heteroatoms. The molecule has 0 saturated heterocycles. The smallest absolute Gasteiger partial charge is 0.251 e. The zero-order chi connectivity index (χ0) is 18.1. The van der Waals surface area contributed by atoms with E-state index in [1.54, 1.807) is 6.07 Å². The molecule has 25 heavy (non-hydrogen) atoms. The van der Waals surface area contributed by atoms with Crippen LogP contribution in [0.1, 0.15) is 41.8 Å². The van der Waals surface area contributed by atoms with Crippen LogP contribution < -0.4 is 14.8 Å². The van der Waals surface area contributed by atoms with E-state index in [1.165, 1.54) is 5.56 Å². The molecule has 0 aliphatic heterocycles. The van der Waals surface area contributed by atoms with E-state index in [2.05, 4.69) is 11.4 Å². The molecule has 0 fully saturated rings. The van der Waals surface area contributed by atoms with Crippen molar-refractivity contribution in [2.24, 2.45) is 0 Å². The third-order valence-corrected chi connectivity index (χ3v) is 3.92. The predicted octanol–water partition coefficient (Wildman–Crippen LogP) is 4.16. The van der Waals surface area contributed by atoms with Gasteiger partial charge in [-0.05, 0) is 69.0 Å². The van der Waals surface area contributed by atoms with E-state index in [0.717, 1.165) is 29.9 Å². The first-order chi connectivity index (χ1) is 12.2. The maximum absolute atomic E-state index is 12.3. The average Bonchev–Trinajstić information content (AvgIpc) is 2.62. The highest BCUT2D eigenvalue weighted by atomic mass is 16.5. The monoisotopic (exact) mass is 341 g/mol. The van der Waals surface area contributed by atoms with E-state index in [9.17, 15) is 4.79 Å². The minimum atomic E-state index is -0.0516. The molecule has 0 spiro atoms. The van der Waals surface area contributed by atoms with Crippen LogP contribution in [0.2, 0.25) is 0 Å². The molecule has 0 unspecified atom stereocenters. The van der Waals surface area contributed by atoms with E-state index < -0.39 is 0 Å². The van der Waals surface area contributed by atoms with Gasteiger partial charge in [0.2, 0.25) is 0 Å². The number of amides is 1. The van der Waals surface area contributed by atoms with E-state index in [0.29, 0.717) is 25.3 Å². The summed E-state index contributed by atoms with van der Waals surface area (Å²) in [7, 11) is 0. The number of nitrogens with one attached hydrogen (secondary N) is 1. The second-order valence-electron chi connectivity index (χ2n) is 5.81. The van der Waals surface area contributed by atoms with Crippen LogP contribution >= 0.6 is 0 Å². The number of aryl methyl sites for hydroxylation is 2. The Morgan fingerprint density at radius 2 is 1.72 bits per heavy atom. The van der Waals surface area contributed by atoms with Gasteiger partial charge in [-0.1, -0.05) is 18.2 Å². The van der Waals surface area contributed by atoms with E-state index in [1.807, 2.05) is 51.1 Å². The molecule has 0 aliphatic rings. The third-order valence-electron chi connectivity index (χ3n) is 3.92. The lowest BCUT2D eigenvalue weighted by molar-refractivity contribution is 0.0953. The zero-order valence-electron chi connectivity index (χ0n) is 15.3. The fourth-order valence-electron chi connectivity index (χ4n) is 2.70. The summed E-state index contributed by atoms with van der Waals surface area (Å²) in [6, 6.07) is 13.6. The van der Waals surface area contributed by atoms with Gasteiger partial charge in [-0.15, -0.1) is 0 Å². The number of carbonyl (C=O) groups excluding carboxylic acids is 1. The summed E-state index contributed by atoms with van der Waals surface area (Å²) in [5.41, 5.74) is 2.81. The molecule has 0 aliphatic carbocycles. The number of rotatable bonds is 9. The first-order valence-corrected chi connectivity index (χ1v) is 8.88. The molecular weight excluding hydrogens is 314 g/mol. The lowest BCUT2D eigenvalue weighted by atomic mass is 10.1. The molecular formula is C21H27NO3. The summed E-state index contributed by atoms with van der Waals surface area (Å²) in [4.78, 5) is 12.3. The molecule has 2 aromatic rings. The van der Waals surface area contributed by atoms with Crippen LogP contribution in [-0.2, 0) is 6.42 Å². The SMILES string of the molecule is CCOc1ccc(C(=O)NCCCc2ccccc2OCC)cc1C. The first kappa shape index (κ1) is 18.8. The number of ether oxygens (including phenoxy) is 2. The highest BCUT2D eigenvalue weighted by Crippen LogP contribution is 2.20. The summed E-state index contributed by atoms with van der Waals surface area (Å²) >= 11 is 0. The number of carbonyl (C=O) groups is 1. The van der Waals surface area contributed by atoms with Crippen molar-refractivity contribution in [1.82, 2.24) is 5.32 Å². The minimum absolute atomic E-state index is 0.0516. The predicted molar refractivity (Wildman–Crippen MR) is 101 cm³/mol. The van der Waals surface area contributed by atoms with Crippen LogP contribution in [0.25, 0.3) is 0 Å². The Hall–Kier alpha value is -2.49. The first-order valence-electron chi connectivity index (χ1n) is 8.88. The topological polar surface area (TPSA) is 47.6 Å². The van der Waals surface area contributed by atoms with Crippen molar-refractivity contribution in [2.75, 3.05) is 19.8 Å². The quantitative estimate of drug-likeness (QED) is 0.697. The molecule has 0 radical (unpaired) electrons. The minimum Gasteiger partial charge on any atom is -0.494 e. The van der Waals surface area contributed by atoms with Crippen LogP contribution in [0, 0.1) is 6.92 Å². The molecule has 1 amide bonds. The average molecular weight is 341 g/mol. The molecule has 2 rings (SSSR count). The normalized spacial score (nSPS) is 10.4. The Morgan fingerprint density at radius 3 is 2.44 bits per heavy atom. The number of para-hydroxylation sites is 1. The van der Waals surface area contributed by atoms with Crippen molar-refractivity contribution in [1.29, 1.82) is 0 Å². The largest absolute Gasteiger partial charge is 0.494 e. The second-order valence-corrected chi connectivity index (χ2v) is 5.81. The molecule has 0 aromatic heterocycles. The number of hydrogen-bond donors (Lipinski definition) is 1. The Kier molecular flexibility index (Phi) is 7.33. The molecule has 0 atom stereocenters. The van der Waals surface area contributed by atoms with E-state index in [4.69, 9.17) is 9.47 Å². The summed E-state index contributed by atoms with van der Waals surface area (Å²) in [6.45, 7) is 7.79. The molecule has 4 nitrogen and oxygen atoms in total. The highest BCUT2D eigenvalue weighted by molar-refractivity contribution is 5.94. The zero-order valence-corrected chi connectivity index (χ0v) is 15.3. The van der Waals surface area contributed by atoms with Gasteiger partial charge in [0, 0.05) is 12.1 Å². The maximum Gasteiger partial charge on any atom is 0.251 e. The molecule has 0 saturated carbocycles. The maximum atomic E-state index is 12.3. The molecule has 134 valence electrons. The summed E-state index contributed by atoms with van der Waals surface area (Å²) in [5, 5.41) is 2.98. The van der Waals surface area contributed by atoms with Crippen LogP contribution in [0.15, 0.2) is 42.5 Å². The van der Waals surface area contributed by atoms with Gasteiger partial charge in [0.1, 0.15) is 11.5 Å². The standard InChI is InChI=1S/C21H27NO3/c1-4-24-19-13-12-18(15-16(19)3)21(23)22-14-8-10-17-9-6-7-11-20(17)25-5-2/h6-7,9,11-13,15H,4-5,8,10,14H2,1-3H3,(H,22,23).